The molecule has 0 radical (unpaired) electrons. The maximum absolute atomic E-state index is 10.4. The van der Waals surface area contributed by atoms with Crippen LogP contribution in [0.5, 0.6) is 5.75 Å². The number of para-hydroxylation sites is 1. The quantitative estimate of drug-likeness (QED) is 0.611. The number of H-pyrrole nitrogens is 1. The highest BCUT2D eigenvalue weighted by atomic mass is 16.3. The predicted octanol–water partition coefficient (Wildman–Crippen LogP) is 4.39. The monoisotopic (exact) mass is 294 g/mol. The summed E-state index contributed by atoms with van der Waals surface area (Å²) in [5.74, 6) is 0.302. The van der Waals surface area contributed by atoms with E-state index in [1.165, 1.54) is 10.9 Å². The molecule has 0 atom stereocenters. The lowest BCUT2D eigenvalue weighted by atomic mass is 9.94. The Morgan fingerprint density at radius 3 is 2.77 bits per heavy atom. The highest BCUT2D eigenvalue weighted by Crippen LogP contribution is 2.30. The minimum absolute atomic E-state index is 0.302. The number of phenolic OH excluding ortho intramolecular Hbond substituents is 1. The fourth-order valence-electron chi connectivity index (χ4n) is 3.00. The number of hydrogen-bond donors (Lipinski definition) is 3. The summed E-state index contributed by atoms with van der Waals surface area (Å²) in [6, 6.07) is 11.9. The van der Waals surface area contributed by atoms with Gasteiger partial charge in [0, 0.05) is 40.8 Å². The molecule has 0 saturated heterocycles. The number of nitrogens with two attached hydrogens (primary N) is 1. The molecular formula is C19H22N2O. The molecule has 0 unspecified atom stereocenters. The average molecular weight is 294 g/mol. The minimum Gasteiger partial charge on any atom is -0.508 e. The van der Waals surface area contributed by atoms with Gasteiger partial charge in [0.1, 0.15) is 5.75 Å². The van der Waals surface area contributed by atoms with Crippen molar-refractivity contribution in [2.24, 2.45) is 0 Å². The molecule has 0 saturated carbocycles. The molecule has 3 rings (SSSR count). The van der Waals surface area contributed by atoms with Gasteiger partial charge in [0.2, 0.25) is 0 Å². The maximum atomic E-state index is 10.4. The summed E-state index contributed by atoms with van der Waals surface area (Å²) in [7, 11) is 0. The summed E-state index contributed by atoms with van der Waals surface area (Å²) in [6.07, 6.45) is 5.93. The van der Waals surface area contributed by atoms with Gasteiger partial charge >= 0.3 is 0 Å². The predicted molar refractivity (Wildman–Crippen MR) is 92.2 cm³/mol. The number of benzene rings is 2. The third-order valence-electron chi connectivity index (χ3n) is 4.18. The molecule has 0 bridgehead atoms. The van der Waals surface area contributed by atoms with Crippen LogP contribution < -0.4 is 5.73 Å². The molecular weight excluding hydrogens is 272 g/mol. The van der Waals surface area contributed by atoms with Crippen LogP contribution in [0.25, 0.3) is 10.9 Å². The molecule has 114 valence electrons. The van der Waals surface area contributed by atoms with Crippen molar-refractivity contribution in [1.82, 2.24) is 4.98 Å². The number of aromatic nitrogens is 1. The van der Waals surface area contributed by atoms with E-state index in [4.69, 9.17) is 5.73 Å². The summed E-state index contributed by atoms with van der Waals surface area (Å²) < 4.78 is 0. The van der Waals surface area contributed by atoms with Crippen LogP contribution in [0.2, 0.25) is 0 Å². The summed E-state index contributed by atoms with van der Waals surface area (Å²) >= 11 is 0. The molecule has 3 nitrogen and oxygen atoms in total. The van der Waals surface area contributed by atoms with Gasteiger partial charge < -0.3 is 15.8 Å². The van der Waals surface area contributed by atoms with Crippen LogP contribution in [-0.4, -0.2) is 10.1 Å². The number of unbranched alkanes of at least 4 members (excludes halogenated alkanes) is 1. The Morgan fingerprint density at radius 1 is 1.14 bits per heavy atom. The van der Waals surface area contributed by atoms with E-state index >= 15 is 0 Å². The molecule has 0 fully saturated rings. The molecule has 0 aliphatic rings. The second-order valence-corrected chi connectivity index (χ2v) is 5.82. The van der Waals surface area contributed by atoms with Crippen molar-refractivity contribution in [3.63, 3.8) is 0 Å². The Bertz CT molecular complexity index is 789. The number of nitrogens with one attached hydrogen (secondary N) is 1. The van der Waals surface area contributed by atoms with Gasteiger partial charge in [0.15, 0.2) is 0 Å². The minimum atomic E-state index is 0.302. The first-order valence-corrected chi connectivity index (χ1v) is 7.84. The van der Waals surface area contributed by atoms with Crippen molar-refractivity contribution in [2.75, 3.05) is 5.73 Å². The number of aromatic amines is 1. The molecule has 0 spiro atoms. The topological polar surface area (TPSA) is 62.0 Å². The standard InChI is InChI=1S/C19H22N2O/c1-2-3-6-13-9-15(20)11-19(22)17(13)10-14-12-21-18-8-5-4-7-16(14)18/h4-5,7-9,11-12,21-22H,2-3,6,10,20H2,1H3. The van der Waals surface area contributed by atoms with Crippen molar-refractivity contribution in [3.8, 4) is 5.75 Å². The molecule has 0 aliphatic carbocycles. The Morgan fingerprint density at radius 2 is 1.95 bits per heavy atom. The highest BCUT2D eigenvalue weighted by Gasteiger charge is 2.12. The number of rotatable bonds is 5. The van der Waals surface area contributed by atoms with Crippen LogP contribution in [0.15, 0.2) is 42.6 Å². The highest BCUT2D eigenvalue weighted by molar-refractivity contribution is 5.83. The van der Waals surface area contributed by atoms with E-state index in [2.05, 4.69) is 24.0 Å². The molecule has 3 aromatic rings. The van der Waals surface area contributed by atoms with Crippen molar-refractivity contribution >= 4 is 16.6 Å². The first-order valence-electron chi connectivity index (χ1n) is 7.84. The zero-order valence-corrected chi connectivity index (χ0v) is 12.9. The molecule has 3 heteroatoms. The normalized spacial score (nSPS) is 11.1. The second kappa shape index (κ2) is 6.14. The number of aryl methyl sites for hydroxylation is 1. The molecule has 4 N–H and O–H groups in total. The maximum Gasteiger partial charge on any atom is 0.121 e. The Kier molecular flexibility index (Phi) is 4.05. The molecule has 2 aromatic carbocycles. The second-order valence-electron chi connectivity index (χ2n) is 5.82. The first-order chi connectivity index (χ1) is 10.7. The van der Waals surface area contributed by atoms with Gasteiger partial charge in [0.25, 0.3) is 0 Å². The van der Waals surface area contributed by atoms with E-state index in [1.54, 1.807) is 6.07 Å². The Hall–Kier alpha value is -2.42. The SMILES string of the molecule is CCCCc1cc(N)cc(O)c1Cc1c[nH]c2ccccc12. The lowest BCUT2D eigenvalue weighted by molar-refractivity contribution is 0.468. The van der Waals surface area contributed by atoms with E-state index < -0.39 is 0 Å². The zero-order chi connectivity index (χ0) is 15.5. The lowest BCUT2D eigenvalue weighted by Crippen LogP contribution is -1.99. The van der Waals surface area contributed by atoms with E-state index in [0.29, 0.717) is 11.4 Å². The fourth-order valence-corrected chi connectivity index (χ4v) is 3.00. The third kappa shape index (κ3) is 2.80. The van der Waals surface area contributed by atoms with Gasteiger partial charge in [0.05, 0.1) is 0 Å². The Balaban J connectivity index is 2.00. The molecule has 22 heavy (non-hydrogen) atoms. The zero-order valence-electron chi connectivity index (χ0n) is 12.9. The van der Waals surface area contributed by atoms with Gasteiger partial charge in [-0.15, -0.1) is 0 Å². The first kappa shape index (κ1) is 14.5. The lowest BCUT2D eigenvalue weighted by Gasteiger charge is -2.12. The van der Waals surface area contributed by atoms with Gasteiger partial charge in [-0.05, 0) is 36.1 Å². The van der Waals surface area contributed by atoms with Crippen LogP contribution in [0, 0.1) is 0 Å². The number of anilines is 1. The van der Waals surface area contributed by atoms with Crippen molar-refractivity contribution < 1.29 is 5.11 Å². The average Bonchev–Trinajstić information content (AvgIpc) is 2.91. The van der Waals surface area contributed by atoms with Gasteiger partial charge in [-0.2, -0.15) is 0 Å². The number of phenols is 1. The molecule has 0 amide bonds. The van der Waals surface area contributed by atoms with Crippen LogP contribution in [-0.2, 0) is 12.8 Å². The summed E-state index contributed by atoms with van der Waals surface area (Å²) in [6.45, 7) is 2.17. The van der Waals surface area contributed by atoms with Crippen molar-refractivity contribution in [3.05, 3.63) is 59.3 Å². The Labute approximate surface area is 130 Å². The van der Waals surface area contributed by atoms with Crippen LogP contribution in [0.4, 0.5) is 5.69 Å². The van der Waals surface area contributed by atoms with Gasteiger partial charge in [-0.1, -0.05) is 31.5 Å². The van der Waals surface area contributed by atoms with Crippen LogP contribution in [0.3, 0.4) is 0 Å². The van der Waals surface area contributed by atoms with Crippen molar-refractivity contribution in [1.29, 1.82) is 0 Å². The van der Waals surface area contributed by atoms with Gasteiger partial charge in [-0.3, -0.25) is 0 Å². The summed E-state index contributed by atoms with van der Waals surface area (Å²) in [5.41, 5.74) is 11.0. The van der Waals surface area contributed by atoms with E-state index in [-0.39, 0.29) is 0 Å². The number of fused-ring (bicyclic) bond motifs is 1. The molecule has 1 heterocycles. The molecule has 0 aliphatic heterocycles. The van der Waals surface area contributed by atoms with Crippen LogP contribution in [0.1, 0.15) is 36.5 Å². The third-order valence-corrected chi connectivity index (χ3v) is 4.18. The van der Waals surface area contributed by atoms with E-state index in [1.807, 2.05) is 24.4 Å². The van der Waals surface area contributed by atoms with Crippen LogP contribution >= 0.6 is 0 Å². The number of hydrogen-bond acceptors (Lipinski definition) is 2. The fraction of sp³-hybridized carbons (Fsp3) is 0.263. The smallest absolute Gasteiger partial charge is 0.121 e. The number of nitrogen functional groups attached to an aromatic ring is 1. The molecule has 1 aromatic heterocycles. The summed E-state index contributed by atoms with van der Waals surface area (Å²) in [5, 5.41) is 11.6. The van der Waals surface area contributed by atoms with E-state index in [9.17, 15) is 5.11 Å². The van der Waals surface area contributed by atoms with E-state index in [0.717, 1.165) is 42.3 Å². The van der Waals surface area contributed by atoms with Crippen molar-refractivity contribution in [2.45, 2.75) is 32.6 Å². The largest absolute Gasteiger partial charge is 0.508 e. The van der Waals surface area contributed by atoms with Gasteiger partial charge in [-0.25, -0.2) is 0 Å². The summed E-state index contributed by atoms with van der Waals surface area (Å²) in [4.78, 5) is 3.30. The number of aromatic hydroxyl groups is 1.